The lowest BCUT2D eigenvalue weighted by atomic mass is 9.70. The molecule has 12 nitrogen and oxygen atoms in total. The van der Waals surface area contributed by atoms with Crippen LogP contribution in [0.1, 0.15) is 71.5 Å². The van der Waals surface area contributed by atoms with E-state index in [0.717, 1.165) is 18.8 Å². The molecule has 9 atom stereocenters. The summed E-state index contributed by atoms with van der Waals surface area (Å²) < 4.78 is 18.7. The molecule has 3 aliphatic heterocycles. The van der Waals surface area contributed by atoms with Crippen molar-refractivity contribution < 1.29 is 38.5 Å². The van der Waals surface area contributed by atoms with Crippen molar-refractivity contribution >= 4 is 35.1 Å². The molecule has 0 aliphatic carbocycles. The predicted octanol–water partition coefficient (Wildman–Crippen LogP) is 5.22. The summed E-state index contributed by atoms with van der Waals surface area (Å²) in [5, 5.41) is 13.8. The maximum Gasteiger partial charge on any atom is 0.313 e. The second-order valence-electron chi connectivity index (χ2n) is 15.1. The summed E-state index contributed by atoms with van der Waals surface area (Å²) in [7, 11) is 1.51. The minimum absolute atomic E-state index is 0.0516. The van der Waals surface area contributed by atoms with Gasteiger partial charge in [-0.3, -0.25) is 19.2 Å². The van der Waals surface area contributed by atoms with Crippen molar-refractivity contribution in [2.75, 3.05) is 49.8 Å². The van der Waals surface area contributed by atoms with Crippen molar-refractivity contribution in [3.8, 4) is 0 Å². The van der Waals surface area contributed by atoms with Gasteiger partial charge in [0.25, 0.3) is 5.91 Å². The molecule has 3 saturated heterocycles. The summed E-state index contributed by atoms with van der Waals surface area (Å²) in [6.07, 6.45) is 3.80. The Morgan fingerprint density at radius 3 is 2.32 bits per heavy atom. The molecule has 2 bridgehead atoms. The number of methoxy groups -OCH3 is 1. The minimum atomic E-state index is -1.34. The number of aliphatic hydroxyl groups is 1. The van der Waals surface area contributed by atoms with E-state index in [1.165, 1.54) is 12.0 Å². The highest BCUT2D eigenvalue weighted by Gasteiger charge is 2.76. The Bertz CT molecular complexity index is 1680. The Labute approximate surface area is 331 Å². The van der Waals surface area contributed by atoms with Crippen LogP contribution < -0.4 is 15.1 Å². The molecule has 3 heterocycles. The van der Waals surface area contributed by atoms with Gasteiger partial charge >= 0.3 is 5.97 Å². The SMILES string of the molecule is C=CCCC(=O)N[C@@H](COC)[C@@H](OC(=O)[C@@H]1[C@@H]2CC[C@]3(O2)[C@H](C(=O)N(CC=C)c2ccc(N(CC)CC)cc2)N([C@@H](CO)[C@@H](C)CC)C(=O)[C@@H]13)c1ccccc1. The molecule has 0 unspecified atom stereocenters. The molecule has 2 N–H and O–H groups in total. The maximum atomic E-state index is 15.2. The zero-order chi connectivity index (χ0) is 40.6. The average molecular weight is 773 g/mol. The maximum absolute atomic E-state index is 15.2. The molecule has 1 spiro atoms. The molecule has 5 rings (SSSR count). The number of carbonyl (C=O) groups excluding carboxylic acids is 4. The third-order valence-corrected chi connectivity index (χ3v) is 12.0. The van der Waals surface area contributed by atoms with Crippen molar-refractivity contribution in [1.29, 1.82) is 0 Å². The van der Waals surface area contributed by atoms with E-state index in [9.17, 15) is 14.7 Å². The van der Waals surface area contributed by atoms with Crippen LogP contribution in [-0.4, -0.2) is 103 Å². The number of nitrogens with one attached hydrogen (secondary N) is 1. The first-order valence-electron chi connectivity index (χ1n) is 20.1. The molecule has 2 aromatic rings. The van der Waals surface area contributed by atoms with Crippen LogP contribution in [0.25, 0.3) is 0 Å². The highest BCUT2D eigenvalue weighted by molar-refractivity contribution is 6.05. The summed E-state index contributed by atoms with van der Waals surface area (Å²) in [5.41, 5.74) is 0.963. The number of anilines is 2. The van der Waals surface area contributed by atoms with Gasteiger partial charge in [-0.05, 0) is 68.9 Å². The number of carbonyl (C=O) groups is 4. The Morgan fingerprint density at radius 1 is 1.05 bits per heavy atom. The fourth-order valence-corrected chi connectivity index (χ4v) is 8.97. The Morgan fingerprint density at radius 2 is 1.73 bits per heavy atom. The largest absolute Gasteiger partial charge is 0.455 e. The molecule has 2 aromatic carbocycles. The van der Waals surface area contributed by atoms with Gasteiger partial charge in [-0.25, -0.2) is 0 Å². The predicted molar refractivity (Wildman–Crippen MR) is 216 cm³/mol. The van der Waals surface area contributed by atoms with E-state index < -0.39 is 59.6 Å². The number of benzene rings is 2. The van der Waals surface area contributed by atoms with Gasteiger partial charge < -0.3 is 39.3 Å². The van der Waals surface area contributed by atoms with E-state index in [2.05, 4.69) is 37.2 Å². The van der Waals surface area contributed by atoms with Gasteiger partial charge in [0, 0.05) is 44.5 Å². The van der Waals surface area contributed by atoms with Crippen molar-refractivity contribution in [2.45, 2.75) is 95.7 Å². The van der Waals surface area contributed by atoms with Gasteiger partial charge in [0.05, 0.1) is 43.2 Å². The number of rotatable bonds is 21. The van der Waals surface area contributed by atoms with Gasteiger partial charge in [0.15, 0.2) is 0 Å². The molecule has 12 heteroatoms. The van der Waals surface area contributed by atoms with E-state index in [1.807, 2.05) is 68.4 Å². The van der Waals surface area contributed by atoms with Gasteiger partial charge in [0.2, 0.25) is 11.8 Å². The molecule has 304 valence electrons. The fraction of sp³-hybridized carbons (Fsp3) is 0.545. The number of allylic oxidation sites excluding steroid dienone is 1. The third kappa shape index (κ3) is 8.28. The molecule has 0 aromatic heterocycles. The van der Waals surface area contributed by atoms with Crippen LogP contribution in [0, 0.1) is 17.8 Å². The number of nitrogens with zero attached hydrogens (tertiary/aromatic N) is 3. The van der Waals surface area contributed by atoms with E-state index in [4.69, 9.17) is 14.2 Å². The zero-order valence-corrected chi connectivity index (χ0v) is 33.6. The summed E-state index contributed by atoms with van der Waals surface area (Å²) >= 11 is 0. The molecular formula is C44H60N4O8. The van der Waals surface area contributed by atoms with Crippen LogP contribution in [0.2, 0.25) is 0 Å². The Balaban J connectivity index is 1.54. The van der Waals surface area contributed by atoms with Crippen molar-refractivity contribution in [1.82, 2.24) is 10.2 Å². The summed E-state index contributed by atoms with van der Waals surface area (Å²) in [6.45, 7) is 17.3. The summed E-state index contributed by atoms with van der Waals surface area (Å²) in [6, 6.07) is 14.3. The van der Waals surface area contributed by atoms with Crippen molar-refractivity contribution in [3.05, 3.63) is 85.5 Å². The summed E-state index contributed by atoms with van der Waals surface area (Å²) in [5.74, 6) is -3.91. The van der Waals surface area contributed by atoms with E-state index in [-0.39, 0.29) is 43.9 Å². The molecule has 56 heavy (non-hydrogen) atoms. The quantitative estimate of drug-likeness (QED) is 0.129. The van der Waals surface area contributed by atoms with E-state index in [0.29, 0.717) is 36.9 Å². The number of amides is 3. The van der Waals surface area contributed by atoms with Gasteiger partial charge in [0.1, 0.15) is 17.7 Å². The number of aliphatic hydroxyl groups excluding tert-OH is 1. The van der Waals surface area contributed by atoms with Crippen molar-refractivity contribution in [3.63, 3.8) is 0 Å². The lowest BCUT2D eigenvalue weighted by Gasteiger charge is -2.41. The standard InChI is InChI=1S/C44H60N4O8/c1-8-13-19-36(50)45-33(28-54-7)39(30-17-15-14-16-18-30)55-43(53)37-35-24-25-44(56-35)38(37)41(51)48(34(27-49)29(6)10-3)40(44)42(52)47(26-9-2)32-22-20-31(21-23-32)46(11-4)12-5/h8-9,14-18,20-23,29,33-35,37-40,49H,1-2,10-13,19,24-28H2,3-7H3,(H,45,50)/t29-,33-,34-,35-,37+,38+,39-,40-,44+/m0/s1. The fourth-order valence-electron chi connectivity index (χ4n) is 8.97. The lowest BCUT2D eigenvalue weighted by Crippen LogP contribution is -2.60. The van der Waals surface area contributed by atoms with Gasteiger partial charge in [-0.1, -0.05) is 62.8 Å². The zero-order valence-electron chi connectivity index (χ0n) is 33.6. The van der Waals surface area contributed by atoms with Gasteiger partial charge in [-0.2, -0.15) is 0 Å². The number of fused-ring (bicyclic) bond motifs is 1. The highest BCUT2D eigenvalue weighted by Crippen LogP contribution is 2.60. The Kier molecular flexibility index (Phi) is 14.5. The normalized spacial score (nSPS) is 24.5. The lowest BCUT2D eigenvalue weighted by molar-refractivity contribution is -0.163. The van der Waals surface area contributed by atoms with Crippen LogP contribution in [0.4, 0.5) is 11.4 Å². The molecule has 3 amide bonds. The molecule has 0 radical (unpaired) electrons. The van der Waals surface area contributed by atoms with Crippen LogP contribution in [0.15, 0.2) is 79.9 Å². The number of ether oxygens (including phenoxy) is 3. The molecule has 3 fully saturated rings. The second kappa shape index (κ2) is 19.1. The van der Waals surface area contributed by atoms with Crippen LogP contribution >= 0.6 is 0 Å². The first-order chi connectivity index (χ1) is 27.0. The first kappa shape index (κ1) is 42.6. The molecular weight excluding hydrogens is 713 g/mol. The number of hydrogen-bond acceptors (Lipinski definition) is 9. The minimum Gasteiger partial charge on any atom is -0.455 e. The van der Waals surface area contributed by atoms with Crippen LogP contribution in [0.5, 0.6) is 0 Å². The summed E-state index contributed by atoms with van der Waals surface area (Å²) in [4.78, 5) is 63.2. The van der Waals surface area contributed by atoms with Crippen LogP contribution in [0.3, 0.4) is 0 Å². The molecule has 3 aliphatic rings. The number of esters is 1. The average Bonchev–Trinajstić information content (AvgIpc) is 3.86. The van der Waals surface area contributed by atoms with Crippen LogP contribution in [-0.2, 0) is 33.4 Å². The monoisotopic (exact) mass is 772 g/mol. The second-order valence-corrected chi connectivity index (χ2v) is 15.1. The van der Waals surface area contributed by atoms with Crippen molar-refractivity contribution in [2.24, 2.45) is 17.8 Å². The Hall–Kier alpha value is -4.52. The molecule has 0 saturated carbocycles. The van der Waals surface area contributed by atoms with E-state index in [1.54, 1.807) is 17.1 Å². The number of likely N-dealkylation sites (tertiary alicyclic amines) is 1. The first-order valence-corrected chi connectivity index (χ1v) is 20.1. The highest BCUT2D eigenvalue weighted by atomic mass is 16.6. The van der Waals surface area contributed by atoms with E-state index >= 15 is 9.59 Å². The third-order valence-electron chi connectivity index (χ3n) is 12.0. The topological polar surface area (TPSA) is 138 Å². The number of hydrogen-bond donors (Lipinski definition) is 2. The smallest absolute Gasteiger partial charge is 0.313 e. The van der Waals surface area contributed by atoms with Gasteiger partial charge in [-0.15, -0.1) is 13.2 Å².